The first-order valence-electron chi connectivity index (χ1n) is 4.18. The van der Waals surface area contributed by atoms with Gasteiger partial charge in [0.25, 0.3) is 0 Å². The average molecular weight is 233 g/mol. The van der Waals surface area contributed by atoms with Crippen molar-refractivity contribution in [2.75, 3.05) is 0 Å². The van der Waals surface area contributed by atoms with E-state index in [0.717, 1.165) is 22.0 Å². The van der Waals surface area contributed by atoms with Gasteiger partial charge in [0, 0.05) is 11.6 Å². The molecule has 0 spiro atoms. The average Bonchev–Trinajstić information content (AvgIpc) is 3.01. The van der Waals surface area contributed by atoms with Gasteiger partial charge in [-0.3, -0.25) is 4.98 Å². The molecule has 0 aliphatic rings. The minimum absolute atomic E-state index is 0.864. The standard InChI is InChI=1S/C9H5N4S2/c1-7(15-4-10-1)9-8(11-3-12-9)6-2-14-5-13-6/h1-2,4-5H,(H,11,12). The Hall–Kier alpha value is -1.53. The van der Waals surface area contributed by atoms with Gasteiger partial charge in [-0.05, 0) is 0 Å². The van der Waals surface area contributed by atoms with Crippen LogP contribution in [-0.2, 0) is 0 Å². The predicted octanol–water partition coefficient (Wildman–Crippen LogP) is 2.46. The third-order valence-electron chi connectivity index (χ3n) is 1.94. The molecule has 1 radical (unpaired) electrons. The van der Waals surface area contributed by atoms with Gasteiger partial charge in [-0.25, -0.2) is 9.97 Å². The Labute approximate surface area is 93.7 Å². The van der Waals surface area contributed by atoms with E-state index in [4.69, 9.17) is 0 Å². The fourth-order valence-electron chi connectivity index (χ4n) is 1.29. The lowest BCUT2D eigenvalue weighted by atomic mass is 10.2. The van der Waals surface area contributed by atoms with Gasteiger partial charge in [-0.15, -0.1) is 22.7 Å². The molecule has 3 aromatic heterocycles. The maximum Gasteiger partial charge on any atom is 0.174 e. The van der Waals surface area contributed by atoms with Gasteiger partial charge in [0.15, 0.2) is 6.33 Å². The minimum Gasteiger partial charge on any atom is -0.333 e. The molecule has 0 saturated carbocycles. The van der Waals surface area contributed by atoms with Crippen molar-refractivity contribution < 1.29 is 0 Å². The first-order chi connectivity index (χ1) is 7.45. The summed E-state index contributed by atoms with van der Waals surface area (Å²) in [6.45, 7) is 0. The van der Waals surface area contributed by atoms with Crippen LogP contribution in [0, 0.1) is 6.33 Å². The third kappa shape index (κ3) is 1.47. The molecule has 4 nitrogen and oxygen atoms in total. The molecule has 15 heavy (non-hydrogen) atoms. The monoisotopic (exact) mass is 233 g/mol. The molecule has 73 valence electrons. The van der Waals surface area contributed by atoms with E-state index in [2.05, 4.69) is 26.3 Å². The molecular formula is C9H5N4S2. The summed E-state index contributed by atoms with van der Waals surface area (Å²) in [6.07, 6.45) is 4.54. The van der Waals surface area contributed by atoms with E-state index in [-0.39, 0.29) is 0 Å². The largest absolute Gasteiger partial charge is 0.333 e. The number of nitrogens with zero attached hydrogens (tertiary/aromatic N) is 3. The Morgan fingerprint density at radius 1 is 1.33 bits per heavy atom. The van der Waals surface area contributed by atoms with Crippen LogP contribution < -0.4 is 0 Å². The smallest absolute Gasteiger partial charge is 0.174 e. The zero-order valence-electron chi connectivity index (χ0n) is 7.47. The van der Waals surface area contributed by atoms with Gasteiger partial charge in [0.05, 0.1) is 27.3 Å². The number of aromatic amines is 1. The van der Waals surface area contributed by atoms with E-state index < -0.39 is 0 Å². The first-order valence-corrected chi connectivity index (χ1v) is 6.01. The Balaban J connectivity index is 2.15. The lowest BCUT2D eigenvalue weighted by Crippen LogP contribution is -1.80. The molecule has 0 amide bonds. The van der Waals surface area contributed by atoms with Crippen molar-refractivity contribution in [3.63, 3.8) is 0 Å². The third-order valence-corrected chi connectivity index (χ3v) is 3.31. The summed E-state index contributed by atoms with van der Waals surface area (Å²) in [5, 5.41) is 1.98. The second-order valence-electron chi connectivity index (χ2n) is 2.81. The topological polar surface area (TPSA) is 54.5 Å². The summed E-state index contributed by atoms with van der Waals surface area (Å²) < 4.78 is 0. The lowest BCUT2D eigenvalue weighted by Gasteiger charge is -1.94. The van der Waals surface area contributed by atoms with Gasteiger partial charge in [0.2, 0.25) is 0 Å². The van der Waals surface area contributed by atoms with Crippen LogP contribution in [0.15, 0.2) is 22.6 Å². The van der Waals surface area contributed by atoms with Crippen molar-refractivity contribution in [3.8, 4) is 22.0 Å². The molecule has 0 fully saturated rings. The van der Waals surface area contributed by atoms with Crippen molar-refractivity contribution in [1.82, 2.24) is 19.9 Å². The molecule has 6 heteroatoms. The number of nitrogens with one attached hydrogen (secondary N) is 1. The molecule has 0 aliphatic heterocycles. The number of thiazole rings is 2. The SMILES string of the molecule is [c]1nc(-c2cncs2)c(-c2cscn2)[nH]1. The fourth-order valence-corrected chi connectivity index (χ4v) is 2.45. The van der Waals surface area contributed by atoms with Gasteiger partial charge in [-0.2, -0.15) is 0 Å². The summed E-state index contributed by atoms with van der Waals surface area (Å²) >= 11 is 3.11. The van der Waals surface area contributed by atoms with Crippen LogP contribution in [0.4, 0.5) is 0 Å². The Morgan fingerprint density at radius 2 is 2.33 bits per heavy atom. The van der Waals surface area contributed by atoms with Crippen LogP contribution >= 0.6 is 22.7 Å². The fraction of sp³-hybridized carbons (Fsp3) is 0. The van der Waals surface area contributed by atoms with Gasteiger partial charge in [0.1, 0.15) is 5.69 Å². The molecule has 0 aromatic carbocycles. The summed E-state index contributed by atoms with van der Waals surface area (Å²) in [7, 11) is 0. The number of imidazole rings is 1. The molecule has 3 aromatic rings. The molecule has 0 bridgehead atoms. The van der Waals surface area contributed by atoms with Crippen LogP contribution in [0.3, 0.4) is 0 Å². The highest BCUT2D eigenvalue weighted by Gasteiger charge is 2.12. The van der Waals surface area contributed by atoms with Crippen molar-refractivity contribution >= 4 is 22.7 Å². The quantitative estimate of drug-likeness (QED) is 0.739. The zero-order chi connectivity index (χ0) is 10.1. The minimum atomic E-state index is 0.864. The highest BCUT2D eigenvalue weighted by Crippen LogP contribution is 2.30. The van der Waals surface area contributed by atoms with E-state index in [1.54, 1.807) is 39.9 Å². The number of aromatic nitrogens is 4. The Bertz CT molecular complexity index is 490. The molecule has 0 aliphatic carbocycles. The maximum absolute atomic E-state index is 4.24. The Kier molecular flexibility index (Phi) is 2.08. The van der Waals surface area contributed by atoms with Gasteiger partial charge < -0.3 is 4.98 Å². The van der Waals surface area contributed by atoms with Crippen molar-refractivity contribution in [2.24, 2.45) is 0 Å². The molecule has 3 rings (SSSR count). The van der Waals surface area contributed by atoms with Crippen LogP contribution in [-0.4, -0.2) is 19.9 Å². The van der Waals surface area contributed by atoms with Crippen LogP contribution in [0.2, 0.25) is 0 Å². The second kappa shape index (κ2) is 3.56. The van der Waals surface area contributed by atoms with Crippen molar-refractivity contribution in [3.05, 3.63) is 28.9 Å². The van der Waals surface area contributed by atoms with Crippen molar-refractivity contribution in [1.29, 1.82) is 0 Å². The number of H-pyrrole nitrogens is 1. The molecule has 0 saturated heterocycles. The molecule has 0 unspecified atom stereocenters. The van der Waals surface area contributed by atoms with Crippen LogP contribution in [0.5, 0.6) is 0 Å². The van der Waals surface area contributed by atoms with E-state index >= 15 is 0 Å². The highest BCUT2D eigenvalue weighted by molar-refractivity contribution is 7.13. The maximum atomic E-state index is 4.24. The van der Waals surface area contributed by atoms with E-state index in [0.29, 0.717) is 0 Å². The van der Waals surface area contributed by atoms with E-state index in [1.165, 1.54) is 0 Å². The van der Waals surface area contributed by atoms with E-state index in [1.807, 2.05) is 5.38 Å². The molecular weight excluding hydrogens is 228 g/mol. The number of rotatable bonds is 2. The molecule has 0 atom stereocenters. The molecule has 3 heterocycles. The Morgan fingerprint density at radius 3 is 3.07 bits per heavy atom. The summed E-state index contributed by atoms with van der Waals surface area (Å²) in [5.74, 6) is 0. The number of hydrogen-bond donors (Lipinski definition) is 1. The normalized spacial score (nSPS) is 10.7. The second-order valence-corrected chi connectivity index (χ2v) is 4.42. The van der Waals surface area contributed by atoms with Crippen LogP contribution in [0.25, 0.3) is 22.0 Å². The highest BCUT2D eigenvalue weighted by atomic mass is 32.1. The predicted molar refractivity (Wildman–Crippen MR) is 59.6 cm³/mol. The summed E-state index contributed by atoms with van der Waals surface area (Å²) in [5.41, 5.74) is 6.25. The summed E-state index contributed by atoms with van der Waals surface area (Å²) in [6, 6.07) is 0. The number of hydrogen-bond acceptors (Lipinski definition) is 5. The van der Waals surface area contributed by atoms with Crippen LogP contribution in [0.1, 0.15) is 0 Å². The van der Waals surface area contributed by atoms with Crippen molar-refractivity contribution in [2.45, 2.75) is 0 Å². The van der Waals surface area contributed by atoms with Gasteiger partial charge >= 0.3 is 0 Å². The summed E-state index contributed by atoms with van der Waals surface area (Å²) in [4.78, 5) is 16.5. The zero-order valence-corrected chi connectivity index (χ0v) is 9.10. The van der Waals surface area contributed by atoms with Gasteiger partial charge in [-0.1, -0.05) is 0 Å². The lowest BCUT2D eigenvalue weighted by molar-refractivity contribution is 1.28. The van der Waals surface area contributed by atoms with E-state index in [9.17, 15) is 0 Å². The first kappa shape index (κ1) is 8.75. The molecule has 1 N–H and O–H groups in total.